The summed E-state index contributed by atoms with van der Waals surface area (Å²) < 4.78 is 0. The first-order chi connectivity index (χ1) is 6.39. The Morgan fingerprint density at radius 1 is 0.706 bits per heavy atom. The third-order valence-electron chi connectivity index (χ3n) is 1.45. The van der Waals surface area contributed by atoms with Gasteiger partial charge in [-0.15, -0.1) is 12.1 Å². The van der Waals surface area contributed by atoms with Gasteiger partial charge in [0, 0.05) is 0 Å². The Morgan fingerprint density at radius 2 is 1.12 bits per heavy atom. The molecule has 0 N–H and O–H groups in total. The van der Waals surface area contributed by atoms with Crippen LogP contribution in [0.15, 0.2) is 60.7 Å². The van der Waals surface area contributed by atoms with E-state index >= 15 is 0 Å². The van der Waals surface area contributed by atoms with Crippen LogP contribution in [0, 0.1) is 13.0 Å². The molecule has 0 unspecified atom stereocenters. The van der Waals surface area contributed by atoms with Gasteiger partial charge in [0.2, 0.25) is 0 Å². The van der Waals surface area contributed by atoms with Crippen molar-refractivity contribution >= 4 is 46.1 Å². The van der Waals surface area contributed by atoms with Gasteiger partial charge in [-0.3, -0.25) is 0 Å². The molecule has 4 heteroatoms. The molecular weight excluding hydrogens is 365 g/mol. The minimum absolute atomic E-state index is 0. The van der Waals surface area contributed by atoms with Crippen molar-refractivity contribution in [3.05, 3.63) is 79.2 Å². The molecule has 0 fully saturated rings. The standard InChI is InChI=1S/C7H7.C6H5.2BrH.2Mg/c1-7-5-3-2-4-6-7;1-2-4-6-5-3-1;;;;/h2-6H,1H2;1-5H;2*1H;;/q2*-1;;;2*+2/p-2. The molecule has 0 atom stereocenters. The fourth-order valence-corrected chi connectivity index (χ4v) is 0.820. The molecule has 0 radical (unpaired) electrons. The van der Waals surface area contributed by atoms with Crippen molar-refractivity contribution in [2.45, 2.75) is 0 Å². The molecule has 0 bridgehead atoms. The quantitative estimate of drug-likeness (QED) is 0.332. The van der Waals surface area contributed by atoms with Gasteiger partial charge >= 0.3 is 46.1 Å². The number of rotatable bonds is 0. The van der Waals surface area contributed by atoms with E-state index in [1.165, 1.54) is 0 Å². The molecule has 2 aromatic carbocycles. The van der Waals surface area contributed by atoms with Gasteiger partial charge in [0.1, 0.15) is 0 Å². The summed E-state index contributed by atoms with van der Waals surface area (Å²) >= 11 is 0. The van der Waals surface area contributed by atoms with Gasteiger partial charge in [-0.2, -0.15) is 61.0 Å². The summed E-state index contributed by atoms with van der Waals surface area (Å²) in [6.45, 7) is 3.72. The molecule has 0 aliphatic heterocycles. The van der Waals surface area contributed by atoms with Crippen LogP contribution < -0.4 is 34.0 Å². The van der Waals surface area contributed by atoms with E-state index < -0.39 is 0 Å². The van der Waals surface area contributed by atoms with Gasteiger partial charge in [-0.25, -0.2) is 0 Å². The van der Waals surface area contributed by atoms with Crippen LogP contribution in [-0.2, 0) is 0 Å². The van der Waals surface area contributed by atoms with Crippen molar-refractivity contribution in [3.8, 4) is 0 Å². The number of halogens is 2. The van der Waals surface area contributed by atoms with Gasteiger partial charge < -0.3 is 34.0 Å². The van der Waals surface area contributed by atoms with Crippen LogP contribution >= 0.6 is 0 Å². The number of hydrogen-bond acceptors (Lipinski definition) is 0. The monoisotopic (exact) mass is 374 g/mol. The van der Waals surface area contributed by atoms with E-state index in [0.717, 1.165) is 5.56 Å². The smallest absolute Gasteiger partial charge is 1.00 e. The second kappa shape index (κ2) is 19.1. The van der Waals surface area contributed by atoms with Crippen molar-refractivity contribution in [2.75, 3.05) is 0 Å². The normalized spacial score (nSPS) is 6.35. The van der Waals surface area contributed by atoms with Gasteiger partial charge in [-0.1, -0.05) is 6.07 Å². The topological polar surface area (TPSA) is 0 Å². The van der Waals surface area contributed by atoms with Crippen LogP contribution in [0.1, 0.15) is 5.56 Å². The van der Waals surface area contributed by atoms with Gasteiger partial charge in [0.15, 0.2) is 0 Å². The summed E-state index contributed by atoms with van der Waals surface area (Å²) in [5.41, 5.74) is 1.07. The van der Waals surface area contributed by atoms with Crippen LogP contribution in [0.2, 0.25) is 0 Å². The van der Waals surface area contributed by atoms with Crippen molar-refractivity contribution in [1.82, 2.24) is 0 Å². The van der Waals surface area contributed by atoms with E-state index in [-0.39, 0.29) is 80.1 Å². The predicted molar refractivity (Wildman–Crippen MR) is 67.7 cm³/mol. The fourth-order valence-electron chi connectivity index (χ4n) is 0.820. The molecule has 2 rings (SSSR count). The summed E-state index contributed by atoms with van der Waals surface area (Å²) in [5, 5.41) is 0. The Morgan fingerprint density at radius 3 is 1.29 bits per heavy atom. The molecule has 0 aromatic heterocycles. The van der Waals surface area contributed by atoms with Crippen LogP contribution in [0.5, 0.6) is 0 Å². The first-order valence-corrected chi connectivity index (χ1v) is 4.17. The average Bonchev–Trinajstić information content (AvgIpc) is 2.22. The van der Waals surface area contributed by atoms with Gasteiger partial charge in [-0.05, 0) is 0 Å². The van der Waals surface area contributed by atoms with E-state index in [9.17, 15) is 0 Å². The van der Waals surface area contributed by atoms with E-state index in [4.69, 9.17) is 0 Å². The summed E-state index contributed by atoms with van der Waals surface area (Å²) in [6.07, 6.45) is 0. The molecule has 0 aliphatic rings. The molecule has 0 saturated carbocycles. The molecule has 0 spiro atoms. The van der Waals surface area contributed by atoms with Crippen LogP contribution in [0.25, 0.3) is 0 Å². The van der Waals surface area contributed by atoms with Crippen molar-refractivity contribution in [1.29, 1.82) is 0 Å². The number of hydrogen-bond donors (Lipinski definition) is 0. The third kappa shape index (κ3) is 16.8. The summed E-state index contributed by atoms with van der Waals surface area (Å²) in [6, 6.07) is 22.4. The van der Waals surface area contributed by atoms with Crippen LogP contribution in [0.4, 0.5) is 0 Å². The SMILES string of the molecule is [Br-].[Br-].[CH2-]c1ccccc1.[Mg+2].[Mg+2].[c-]1ccccc1. The zero-order chi connectivity index (χ0) is 9.36. The molecule has 0 saturated heterocycles. The molecule has 82 valence electrons. The van der Waals surface area contributed by atoms with Crippen LogP contribution in [-0.4, -0.2) is 46.1 Å². The zero-order valence-corrected chi connectivity index (χ0v) is 15.7. The molecular formula is C13H12Br2Mg2. The Hall–Kier alpha value is 0.802. The molecule has 17 heavy (non-hydrogen) atoms. The summed E-state index contributed by atoms with van der Waals surface area (Å²) in [5.74, 6) is 0. The van der Waals surface area contributed by atoms with E-state index in [1.54, 1.807) is 0 Å². The molecule has 0 nitrogen and oxygen atoms in total. The predicted octanol–water partition coefficient (Wildman–Crippen LogP) is -3.40. The van der Waals surface area contributed by atoms with Crippen molar-refractivity contribution in [3.63, 3.8) is 0 Å². The summed E-state index contributed by atoms with van der Waals surface area (Å²) in [7, 11) is 0. The minimum Gasteiger partial charge on any atom is -1.00 e. The van der Waals surface area contributed by atoms with Gasteiger partial charge in [0.05, 0.1) is 0 Å². The minimum atomic E-state index is 0. The fraction of sp³-hybridized carbons (Fsp3) is 0. The van der Waals surface area contributed by atoms with Crippen molar-refractivity contribution in [2.24, 2.45) is 0 Å². The second-order valence-electron chi connectivity index (χ2n) is 2.56. The molecule has 2 aromatic rings. The Bertz CT molecular complexity index is 288. The van der Waals surface area contributed by atoms with E-state index in [1.807, 2.05) is 60.7 Å². The Kier molecular flexibility index (Phi) is 29.7. The first-order valence-electron chi connectivity index (χ1n) is 4.17. The first kappa shape index (κ1) is 26.4. The largest absolute Gasteiger partial charge is 2.00 e. The third-order valence-corrected chi connectivity index (χ3v) is 1.45. The Balaban J connectivity index is -0.0000000810. The molecule has 0 amide bonds. The maximum absolute atomic E-state index is 3.72. The zero-order valence-electron chi connectivity index (χ0n) is 9.65. The maximum atomic E-state index is 3.72. The maximum Gasteiger partial charge on any atom is 2.00 e. The Labute approximate surface area is 157 Å². The van der Waals surface area contributed by atoms with Crippen LogP contribution in [0.3, 0.4) is 0 Å². The average molecular weight is 377 g/mol. The second-order valence-corrected chi connectivity index (χ2v) is 2.56. The van der Waals surface area contributed by atoms with E-state index in [2.05, 4.69) is 13.0 Å². The van der Waals surface area contributed by atoms with Gasteiger partial charge in [0.25, 0.3) is 0 Å². The summed E-state index contributed by atoms with van der Waals surface area (Å²) in [4.78, 5) is 0. The molecule has 0 heterocycles. The number of benzene rings is 2. The van der Waals surface area contributed by atoms with Crippen molar-refractivity contribution < 1.29 is 34.0 Å². The van der Waals surface area contributed by atoms with E-state index in [0.29, 0.717) is 0 Å². The molecule has 0 aliphatic carbocycles.